The zero-order valence-electron chi connectivity index (χ0n) is 9.37. The second-order valence-corrected chi connectivity index (χ2v) is 4.46. The molecule has 0 heterocycles. The molecule has 0 N–H and O–H groups in total. The Bertz CT molecular complexity index is 371. The minimum atomic E-state index is -3.43. The molecule has 0 unspecified atom stereocenters. The van der Waals surface area contributed by atoms with Crippen LogP contribution in [0.1, 0.15) is 13.8 Å². The van der Waals surface area contributed by atoms with E-state index in [0.717, 1.165) is 0 Å². The normalized spacial score (nSPS) is 12.1. The molecular formula is C10H15N2O3P. The van der Waals surface area contributed by atoms with E-state index in [1.807, 2.05) is 18.2 Å². The summed E-state index contributed by atoms with van der Waals surface area (Å²) in [5.74, 6) is 0. The van der Waals surface area contributed by atoms with Crippen LogP contribution in [0.3, 0.4) is 0 Å². The molecule has 1 aromatic carbocycles. The Balaban J connectivity index is 2.75. The van der Waals surface area contributed by atoms with E-state index in [1.165, 1.54) is 0 Å². The molecule has 0 saturated heterocycles. The van der Waals surface area contributed by atoms with Gasteiger partial charge in [0.2, 0.25) is 0 Å². The topological polar surface area (TPSA) is 60.2 Å². The molecule has 0 aliphatic carbocycles. The van der Waals surface area contributed by atoms with E-state index in [2.05, 4.69) is 10.00 Å². The van der Waals surface area contributed by atoms with Crippen LogP contribution >= 0.6 is 7.75 Å². The fourth-order valence-electron chi connectivity index (χ4n) is 1.02. The van der Waals surface area contributed by atoms with E-state index in [0.29, 0.717) is 5.69 Å². The van der Waals surface area contributed by atoms with Crippen LogP contribution in [0.15, 0.2) is 40.3 Å². The van der Waals surface area contributed by atoms with Gasteiger partial charge in [0.25, 0.3) is 0 Å². The SMILES string of the molecule is CCOP(=O)(N=Nc1ccccc1)OCC. The number of benzene rings is 1. The molecule has 0 aliphatic heterocycles. The van der Waals surface area contributed by atoms with E-state index in [9.17, 15) is 4.57 Å². The fraction of sp³-hybridized carbons (Fsp3) is 0.400. The van der Waals surface area contributed by atoms with Gasteiger partial charge in [-0.05, 0) is 26.0 Å². The van der Waals surface area contributed by atoms with Crippen LogP contribution in [0.4, 0.5) is 5.69 Å². The van der Waals surface area contributed by atoms with Crippen molar-refractivity contribution in [1.29, 1.82) is 0 Å². The molecule has 16 heavy (non-hydrogen) atoms. The summed E-state index contributed by atoms with van der Waals surface area (Å²) >= 11 is 0. The Morgan fingerprint density at radius 2 is 1.69 bits per heavy atom. The van der Waals surface area contributed by atoms with E-state index in [1.54, 1.807) is 26.0 Å². The molecule has 0 bridgehead atoms. The van der Waals surface area contributed by atoms with Crippen LogP contribution in [0.2, 0.25) is 0 Å². The number of hydrogen-bond acceptors (Lipinski definition) is 4. The van der Waals surface area contributed by atoms with Crippen LogP contribution in [0.5, 0.6) is 0 Å². The Hall–Kier alpha value is -1.03. The maximum Gasteiger partial charge on any atom is 0.472 e. The Labute approximate surface area is 95.1 Å². The first kappa shape index (κ1) is 13.0. The van der Waals surface area contributed by atoms with Gasteiger partial charge in [-0.2, -0.15) is 0 Å². The Morgan fingerprint density at radius 1 is 1.12 bits per heavy atom. The maximum absolute atomic E-state index is 11.9. The summed E-state index contributed by atoms with van der Waals surface area (Å²) in [5.41, 5.74) is 0.613. The average molecular weight is 242 g/mol. The summed E-state index contributed by atoms with van der Waals surface area (Å²) in [4.78, 5) is 3.64. The van der Waals surface area contributed by atoms with Crippen LogP contribution in [-0.4, -0.2) is 13.2 Å². The van der Waals surface area contributed by atoms with Crippen molar-refractivity contribution >= 4 is 13.4 Å². The molecule has 0 saturated carbocycles. The standard InChI is InChI=1S/C10H15N2O3P/c1-3-14-16(13,15-4-2)12-11-10-8-6-5-7-9-10/h5-9H,3-4H2,1-2H3. The monoisotopic (exact) mass is 242 g/mol. The van der Waals surface area contributed by atoms with Crippen molar-refractivity contribution in [3.63, 3.8) is 0 Å². The Morgan fingerprint density at radius 3 is 2.19 bits per heavy atom. The molecule has 88 valence electrons. The quantitative estimate of drug-likeness (QED) is 0.560. The van der Waals surface area contributed by atoms with Gasteiger partial charge >= 0.3 is 7.75 Å². The summed E-state index contributed by atoms with van der Waals surface area (Å²) in [7, 11) is -3.43. The smallest absolute Gasteiger partial charge is 0.290 e. The second kappa shape index (κ2) is 6.53. The summed E-state index contributed by atoms with van der Waals surface area (Å²) in [6.45, 7) is 3.99. The third-order valence-corrected chi connectivity index (χ3v) is 3.09. The molecule has 0 aliphatic rings. The van der Waals surface area contributed by atoms with Crippen LogP contribution in [-0.2, 0) is 13.6 Å². The lowest BCUT2D eigenvalue weighted by molar-refractivity contribution is 0.219. The van der Waals surface area contributed by atoms with Crippen molar-refractivity contribution in [1.82, 2.24) is 0 Å². The van der Waals surface area contributed by atoms with Crippen LogP contribution in [0.25, 0.3) is 0 Å². The van der Waals surface area contributed by atoms with Gasteiger partial charge in [0.05, 0.1) is 18.9 Å². The van der Waals surface area contributed by atoms with Gasteiger partial charge in [0.1, 0.15) is 0 Å². The predicted octanol–water partition coefficient (Wildman–Crippen LogP) is 3.95. The fourth-order valence-corrected chi connectivity index (χ4v) is 2.06. The molecule has 1 rings (SSSR count). The lowest BCUT2D eigenvalue weighted by atomic mass is 10.3. The number of nitrogens with zero attached hydrogens (tertiary/aromatic N) is 2. The summed E-state index contributed by atoms with van der Waals surface area (Å²) in [6.07, 6.45) is 0. The predicted molar refractivity (Wildman–Crippen MR) is 61.8 cm³/mol. The molecule has 0 amide bonds. The molecular weight excluding hydrogens is 227 g/mol. The number of hydrogen-bond donors (Lipinski definition) is 0. The zero-order valence-corrected chi connectivity index (χ0v) is 10.3. The van der Waals surface area contributed by atoms with Crippen molar-refractivity contribution in [3.8, 4) is 0 Å². The molecule has 0 aromatic heterocycles. The Kier molecular flexibility index (Phi) is 5.32. The summed E-state index contributed by atoms with van der Waals surface area (Å²) < 4.78 is 21.8. The lowest BCUT2D eigenvalue weighted by Gasteiger charge is -2.09. The summed E-state index contributed by atoms with van der Waals surface area (Å²) in [5, 5.41) is 3.83. The first-order chi connectivity index (χ1) is 7.70. The van der Waals surface area contributed by atoms with Gasteiger partial charge < -0.3 is 0 Å². The minimum absolute atomic E-state index is 0.269. The average Bonchev–Trinajstić information content (AvgIpc) is 2.29. The third kappa shape index (κ3) is 4.23. The zero-order chi connectivity index (χ0) is 11.9. The molecule has 6 heteroatoms. The highest BCUT2D eigenvalue weighted by Crippen LogP contribution is 2.50. The minimum Gasteiger partial charge on any atom is -0.290 e. The largest absolute Gasteiger partial charge is 0.472 e. The number of rotatable bonds is 6. The molecule has 0 atom stereocenters. The molecule has 5 nitrogen and oxygen atoms in total. The van der Waals surface area contributed by atoms with Gasteiger partial charge in [-0.1, -0.05) is 23.1 Å². The van der Waals surface area contributed by atoms with Crippen molar-refractivity contribution in [2.75, 3.05) is 13.2 Å². The van der Waals surface area contributed by atoms with Crippen LogP contribution < -0.4 is 0 Å². The van der Waals surface area contributed by atoms with E-state index in [-0.39, 0.29) is 13.2 Å². The van der Waals surface area contributed by atoms with Gasteiger partial charge in [0.15, 0.2) is 0 Å². The van der Waals surface area contributed by atoms with Gasteiger partial charge in [0, 0.05) is 0 Å². The molecule has 0 radical (unpaired) electrons. The van der Waals surface area contributed by atoms with Gasteiger partial charge in [-0.3, -0.25) is 9.05 Å². The lowest BCUT2D eigenvalue weighted by Crippen LogP contribution is -1.92. The van der Waals surface area contributed by atoms with Gasteiger partial charge in [-0.25, -0.2) is 4.57 Å². The van der Waals surface area contributed by atoms with Crippen molar-refractivity contribution < 1.29 is 13.6 Å². The van der Waals surface area contributed by atoms with E-state index >= 15 is 0 Å². The van der Waals surface area contributed by atoms with E-state index in [4.69, 9.17) is 9.05 Å². The van der Waals surface area contributed by atoms with Crippen molar-refractivity contribution in [2.24, 2.45) is 10.00 Å². The van der Waals surface area contributed by atoms with E-state index < -0.39 is 7.75 Å². The first-order valence-corrected chi connectivity index (χ1v) is 6.57. The molecule has 0 spiro atoms. The van der Waals surface area contributed by atoms with Gasteiger partial charge in [-0.15, -0.1) is 5.11 Å². The summed E-state index contributed by atoms with van der Waals surface area (Å²) in [6, 6.07) is 9.02. The second-order valence-electron chi connectivity index (χ2n) is 2.83. The van der Waals surface area contributed by atoms with Crippen LogP contribution in [0, 0.1) is 0 Å². The third-order valence-electron chi connectivity index (χ3n) is 1.61. The van der Waals surface area contributed by atoms with Crippen molar-refractivity contribution in [2.45, 2.75) is 13.8 Å². The first-order valence-electron chi connectivity index (χ1n) is 5.07. The molecule has 0 fully saturated rings. The highest BCUT2D eigenvalue weighted by Gasteiger charge is 2.22. The van der Waals surface area contributed by atoms with Crippen molar-refractivity contribution in [3.05, 3.63) is 30.3 Å². The highest BCUT2D eigenvalue weighted by atomic mass is 31.2. The highest BCUT2D eigenvalue weighted by molar-refractivity contribution is 7.52. The molecule has 1 aromatic rings. The maximum atomic E-state index is 11.9.